The summed E-state index contributed by atoms with van der Waals surface area (Å²) in [7, 11) is -1.58. The lowest BCUT2D eigenvalue weighted by Gasteiger charge is -2.14. The van der Waals surface area contributed by atoms with Crippen molar-refractivity contribution in [2.45, 2.75) is 32.2 Å². The quantitative estimate of drug-likeness (QED) is 0.865. The molecule has 6 nitrogen and oxygen atoms in total. The maximum Gasteiger partial charge on any atom is 0.182 e. The molecule has 2 N–H and O–H groups in total. The van der Waals surface area contributed by atoms with E-state index in [1.165, 1.54) is 0 Å². The molecule has 1 aromatic heterocycles. The second-order valence-electron chi connectivity index (χ2n) is 4.90. The molecule has 0 amide bonds. The lowest BCUT2D eigenvalue weighted by molar-refractivity contribution is 0.488. The van der Waals surface area contributed by atoms with E-state index in [0.29, 0.717) is 24.8 Å². The highest BCUT2D eigenvalue weighted by atomic mass is 32.2. The van der Waals surface area contributed by atoms with E-state index in [1.807, 2.05) is 20.8 Å². The standard InChI is InChI=1S/C11H22N4O2S/c1-6-14(4)11-9(18(5,16)17)10(12)15(13-11)7-8(2)3/h8H,6-7,12H2,1-5H3. The zero-order valence-corrected chi connectivity index (χ0v) is 12.5. The Bertz CT molecular complexity index is 519. The molecule has 0 unspecified atom stereocenters. The summed E-state index contributed by atoms with van der Waals surface area (Å²) in [5.74, 6) is 0.999. The van der Waals surface area contributed by atoms with E-state index < -0.39 is 9.84 Å². The highest BCUT2D eigenvalue weighted by Gasteiger charge is 2.26. The number of hydrogen-bond donors (Lipinski definition) is 1. The minimum Gasteiger partial charge on any atom is -0.383 e. The molecule has 0 saturated carbocycles. The van der Waals surface area contributed by atoms with Gasteiger partial charge in [-0.05, 0) is 12.8 Å². The highest BCUT2D eigenvalue weighted by Crippen LogP contribution is 2.29. The van der Waals surface area contributed by atoms with E-state index in [-0.39, 0.29) is 10.7 Å². The van der Waals surface area contributed by atoms with Gasteiger partial charge in [-0.15, -0.1) is 0 Å². The van der Waals surface area contributed by atoms with Gasteiger partial charge in [0.1, 0.15) is 5.82 Å². The predicted molar refractivity (Wildman–Crippen MR) is 73.5 cm³/mol. The van der Waals surface area contributed by atoms with Crippen molar-refractivity contribution >= 4 is 21.5 Å². The van der Waals surface area contributed by atoms with Crippen LogP contribution in [-0.2, 0) is 16.4 Å². The van der Waals surface area contributed by atoms with Gasteiger partial charge in [0.15, 0.2) is 20.6 Å². The second-order valence-corrected chi connectivity index (χ2v) is 6.85. The first-order valence-corrected chi connectivity index (χ1v) is 7.85. The van der Waals surface area contributed by atoms with Gasteiger partial charge in [0, 0.05) is 26.4 Å². The van der Waals surface area contributed by atoms with Crippen LogP contribution in [0.15, 0.2) is 4.90 Å². The van der Waals surface area contributed by atoms with Gasteiger partial charge in [0.05, 0.1) is 0 Å². The number of rotatable bonds is 5. The summed E-state index contributed by atoms with van der Waals surface area (Å²) in [6, 6.07) is 0. The van der Waals surface area contributed by atoms with E-state index in [0.717, 1.165) is 6.26 Å². The third-order valence-corrected chi connectivity index (χ3v) is 3.81. The first-order valence-electron chi connectivity index (χ1n) is 5.95. The molecule has 1 rings (SSSR count). The SMILES string of the molecule is CCN(C)c1nn(CC(C)C)c(N)c1S(C)(=O)=O. The van der Waals surface area contributed by atoms with Crippen LogP contribution < -0.4 is 10.6 Å². The van der Waals surface area contributed by atoms with Crippen LogP contribution in [0.5, 0.6) is 0 Å². The molecular formula is C11H22N4O2S. The average molecular weight is 274 g/mol. The fourth-order valence-electron chi connectivity index (χ4n) is 1.69. The van der Waals surface area contributed by atoms with Gasteiger partial charge in [-0.1, -0.05) is 13.8 Å². The van der Waals surface area contributed by atoms with Crippen molar-refractivity contribution in [2.75, 3.05) is 30.5 Å². The zero-order chi connectivity index (χ0) is 14.1. The number of nitrogen functional groups attached to an aromatic ring is 1. The predicted octanol–water partition coefficient (Wildman–Crippen LogP) is 0.981. The Morgan fingerprint density at radius 1 is 1.44 bits per heavy atom. The number of nitrogens with two attached hydrogens (primary N) is 1. The topological polar surface area (TPSA) is 81.2 Å². The number of hydrogen-bond acceptors (Lipinski definition) is 5. The Hall–Kier alpha value is -1.24. The van der Waals surface area contributed by atoms with Crippen LogP contribution >= 0.6 is 0 Å². The minimum atomic E-state index is -3.38. The van der Waals surface area contributed by atoms with Crippen molar-refractivity contribution < 1.29 is 8.42 Å². The Morgan fingerprint density at radius 3 is 2.39 bits per heavy atom. The molecule has 0 bridgehead atoms. The molecule has 0 aliphatic carbocycles. The van der Waals surface area contributed by atoms with Crippen LogP contribution in [0.2, 0.25) is 0 Å². The molecular weight excluding hydrogens is 252 g/mol. The summed E-state index contributed by atoms with van der Waals surface area (Å²) < 4.78 is 25.2. The Morgan fingerprint density at radius 2 is 2.00 bits per heavy atom. The van der Waals surface area contributed by atoms with Gasteiger partial charge >= 0.3 is 0 Å². The smallest absolute Gasteiger partial charge is 0.182 e. The lowest BCUT2D eigenvalue weighted by Crippen LogP contribution is -2.19. The average Bonchev–Trinajstić information content (AvgIpc) is 2.53. The maximum atomic E-state index is 11.8. The van der Waals surface area contributed by atoms with Crippen molar-refractivity contribution in [3.05, 3.63) is 0 Å². The fraction of sp³-hybridized carbons (Fsp3) is 0.727. The molecule has 104 valence electrons. The number of sulfone groups is 1. The van der Waals surface area contributed by atoms with Crippen molar-refractivity contribution in [1.29, 1.82) is 0 Å². The molecule has 1 heterocycles. The van der Waals surface area contributed by atoms with E-state index in [4.69, 9.17) is 5.73 Å². The van der Waals surface area contributed by atoms with Crippen LogP contribution in [-0.4, -0.2) is 38.0 Å². The molecule has 0 aromatic carbocycles. The summed E-state index contributed by atoms with van der Waals surface area (Å²) in [5, 5.41) is 4.33. The molecule has 0 spiro atoms. The fourth-order valence-corrected chi connectivity index (χ4v) is 2.70. The molecule has 0 aliphatic rings. The first-order chi connectivity index (χ1) is 8.18. The Labute approximate surface area is 109 Å². The summed E-state index contributed by atoms with van der Waals surface area (Å²) in [6.07, 6.45) is 1.16. The normalized spacial score (nSPS) is 12.1. The van der Waals surface area contributed by atoms with Gasteiger partial charge in [-0.2, -0.15) is 5.10 Å². The van der Waals surface area contributed by atoms with Crippen molar-refractivity contribution in [1.82, 2.24) is 9.78 Å². The molecule has 0 aliphatic heterocycles. The van der Waals surface area contributed by atoms with Crippen LogP contribution in [0.1, 0.15) is 20.8 Å². The van der Waals surface area contributed by atoms with E-state index >= 15 is 0 Å². The largest absolute Gasteiger partial charge is 0.383 e. The van der Waals surface area contributed by atoms with Crippen LogP contribution in [0.25, 0.3) is 0 Å². The van der Waals surface area contributed by atoms with Gasteiger partial charge < -0.3 is 10.6 Å². The van der Waals surface area contributed by atoms with Gasteiger partial charge in [-0.3, -0.25) is 0 Å². The zero-order valence-electron chi connectivity index (χ0n) is 11.6. The maximum absolute atomic E-state index is 11.8. The van der Waals surface area contributed by atoms with Crippen LogP contribution in [0.4, 0.5) is 11.6 Å². The summed E-state index contributed by atoms with van der Waals surface area (Å²) >= 11 is 0. The van der Waals surface area contributed by atoms with Crippen molar-refractivity contribution in [2.24, 2.45) is 5.92 Å². The monoisotopic (exact) mass is 274 g/mol. The third kappa shape index (κ3) is 2.95. The van der Waals surface area contributed by atoms with Gasteiger partial charge in [0.25, 0.3) is 0 Å². The third-order valence-electron chi connectivity index (χ3n) is 2.67. The van der Waals surface area contributed by atoms with Crippen molar-refractivity contribution in [3.63, 3.8) is 0 Å². The number of nitrogens with zero attached hydrogens (tertiary/aromatic N) is 3. The van der Waals surface area contributed by atoms with Gasteiger partial charge in [-0.25, -0.2) is 13.1 Å². The molecule has 7 heteroatoms. The van der Waals surface area contributed by atoms with Crippen LogP contribution in [0.3, 0.4) is 0 Å². The number of aromatic nitrogens is 2. The first kappa shape index (κ1) is 14.8. The Balaban J connectivity index is 3.41. The van der Waals surface area contributed by atoms with E-state index in [2.05, 4.69) is 5.10 Å². The van der Waals surface area contributed by atoms with Crippen LogP contribution in [0, 0.1) is 5.92 Å². The second kappa shape index (κ2) is 5.17. The van der Waals surface area contributed by atoms with Gasteiger partial charge in [0.2, 0.25) is 0 Å². The molecule has 0 saturated heterocycles. The summed E-state index contributed by atoms with van der Waals surface area (Å²) in [4.78, 5) is 1.91. The minimum absolute atomic E-state index is 0.132. The van der Waals surface area contributed by atoms with Crippen molar-refractivity contribution in [3.8, 4) is 0 Å². The Kier molecular flexibility index (Phi) is 4.26. The molecule has 0 fully saturated rings. The molecule has 0 radical (unpaired) electrons. The summed E-state index contributed by atoms with van der Waals surface area (Å²) in [6.45, 7) is 7.27. The lowest BCUT2D eigenvalue weighted by atomic mass is 10.2. The molecule has 1 aromatic rings. The van der Waals surface area contributed by atoms with E-state index in [1.54, 1.807) is 16.6 Å². The molecule has 0 atom stereocenters. The highest BCUT2D eigenvalue weighted by molar-refractivity contribution is 7.91. The summed E-state index contributed by atoms with van der Waals surface area (Å²) in [5.41, 5.74) is 5.93. The molecule has 18 heavy (non-hydrogen) atoms. The van der Waals surface area contributed by atoms with E-state index in [9.17, 15) is 8.42 Å². The number of anilines is 2.